The van der Waals surface area contributed by atoms with Crippen molar-refractivity contribution < 1.29 is 4.79 Å². The Kier molecular flexibility index (Phi) is 2.55. The molecule has 2 aromatic heterocycles. The van der Waals surface area contributed by atoms with E-state index >= 15 is 0 Å². The lowest BCUT2D eigenvalue weighted by molar-refractivity contribution is 0.102. The standard InChI is InChI=1S/C10H11N5O/c1-6-2-3-8(12-4-6)14-10(16)9-7(11)5-13-15-9/h2-5H,11H2,1H3,(H,13,15)(H,12,14,16). The molecule has 0 aliphatic heterocycles. The molecule has 0 radical (unpaired) electrons. The molecule has 16 heavy (non-hydrogen) atoms. The summed E-state index contributed by atoms with van der Waals surface area (Å²) in [5.74, 6) is 0.121. The maximum absolute atomic E-state index is 11.7. The van der Waals surface area contributed by atoms with Gasteiger partial charge in [0.2, 0.25) is 0 Å². The first kappa shape index (κ1) is 10.2. The number of pyridine rings is 1. The van der Waals surface area contributed by atoms with Gasteiger partial charge in [0.1, 0.15) is 11.5 Å². The van der Waals surface area contributed by atoms with Crippen LogP contribution in [0.2, 0.25) is 0 Å². The van der Waals surface area contributed by atoms with Gasteiger partial charge in [-0.05, 0) is 18.6 Å². The van der Waals surface area contributed by atoms with E-state index in [-0.39, 0.29) is 11.6 Å². The molecule has 4 N–H and O–H groups in total. The number of hydrogen-bond donors (Lipinski definition) is 3. The Labute approximate surface area is 91.9 Å². The van der Waals surface area contributed by atoms with E-state index in [1.54, 1.807) is 12.3 Å². The number of amides is 1. The number of nitrogen functional groups attached to an aromatic ring is 1. The molecule has 2 aromatic rings. The van der Waals surface area contributed by atoms with Crippen LogP contribution in [0.25, 0.3) is 0 Å². The molecule has 0 spiro atoms. The first-order chi connectivity index (χ1) is 7.66. The van der Waals surface area contributed by atoms with Crippen molar-refractivity contribution in [1.29, 1.82) is 0 Å². The molecular formula is C10H11N5O. The van der Waals surface area contributed by atoms with Crippen LogP contribution in [0.1, 0.15) is 16.1 Å². The third kappa shape index (κ3) is 2.00. The van der Waals surface area contributed by atoms with Crippen molar-refractivity contribution >= 4 is 17.4 Å². The van der Waals surface area contributed by atoms with Gasteiger partial charge in [0, 0.05) is 6.20 Å². The average molecular weight is 217 g/mol. The number of nitrogens with one attached hydrogen (secondary N) is 2. The van der Waals surface area contributed by atoms with Crippen LogP contribution in [0.5, 0.6) is 0 Å². The van der Waals surface area contributed by atoms with E-state index in [0.717, 1.165) is 5.56 Å². The first-order valence-corrected chi connectivity index (χ1v) is 4.69. The number of hydrogen-bond acceptors (Lipinski definition) is 4. The van der Waals surface area contributed by atoms with Crippen molar-refractivity contribution in [3.63, 3.8) is 0 Å². The quantitative estimate of drug-likeness (QED) is 0.697. The fraction of sp³-hybridized carbons (Fsp3) is 0.100. The third-order valence-electron chi connectivity index (χ3n) is 2.05. The Morgan fingerprint density at radius 1 is 1.44 bits per heavy atom. The molecule has 0 atom stereocenters. The van der Waals surface area contributed by atoms with Crippen molar-refractivity contribution in [1.82, 2.24) is 15.2 Å². The van der Waals surface area contributed by atoms with Gasteiger partial charge in [-0.25, -0.2) is 4.98 Å². The minimum absolute atomic E-state index is 0.238. The van der Waals surface area contributed by atoms with Gasteiger partial charge in [0.25, 0.3) is 5.91 Å². The molecule has 0 aliphatic carbocycles. The molecule has 0 unspecified atom stereocenters. The number of aromatic nitrogens is 3. The fourth-order valence-corrected chi connectivity index (χ4v) is 1.20. The number of aryl methyl sites for hydroxylation is 1. The zero-order chi connectivity index (χ0) is 11.5. The van der Waals surface area contributed by atoms with Gasteiger partial charge in [-0.1, -0.05) is 6.07 Å². The number of nitrogens with two attached hydrogens (primary N) is 1. The summed E-state index contributed by atoms with van der Waals surface area (Å²) in [6.07, 6.45) is 3.06. The summed E-state index contributed by atoms with van der Waals surface area (Å²) in [6, 6.07) is 3.58. The zero-order valence-electron chi connectivity index (χ0n) is 8.69. The lowest BCUT2D eigenvalue weighted by atomic mass is 10.3. The summed E-state index contributed by atoms with van der Waals surface area (Å²) in [7, 11) is 0. The highest BCUT2D eigenvalue weighted by atomic mass is 16.2. The van der Waals surface area contributed by atoms with Gasteiger partial charge in [-0.15, -0.1) is 0 Å². The molecule has 0 fully saturated rings. The molecule has 6 heteroatoms. The second-order valence-electron chi connectivity index (χ2n) is 3.38. The smallest absolute Gasteiger partial charge is 0.276 e. The molecule has 2 rings (SSSR count). The highest BCUT2D eigenvalue weighted by Gasteiger charge is 2.11. The molecule has 0 aromatic carbocycles. The third-order valence-corrected chi connectivity index (χ3v) is 2.05. The fourth-order valence-electron chi connectivity index (χ4n) is 1.20. The average Bonchev–Trinajstić information content (AvgIpc) is 2.68. The van der Waals surface area contributed by atoms with E-state index in [1.165, 1.54) is 6.20 Å². The number of carbonyl (C=O) groups is 1. The SMILES string of the molecule is Cc1ccc(NC(=O)c2[nH]ncc2N)nc1. The highest BCUT2D eigenvalue weighted by molar-refractivity contribution is 6.05. The second kappa shape index (κ2) is 4.01. The van der Waals surface area contributed by atoms with Crippen LogP contribution in [0.15, 0.2) is 24.5 Å². The van der Waals surface area contributed by atoms with Gasteiger partial charge in [0.05, 0.1) is 11.9 Å². The van der Waals surface area contributed by atoms with E-state index in [4.69, 9.17) is 5.73 Å². The first-order valence-electron chi connectivity index (χ1n) is 4.69. The summed E-state index contributed by atoms with van der Waals surface area (Å²) in [5, 5.41) is 8.80. The minimum Gasteiger partial charge on any atom is -0.396 e. The van der Waals surface area contributed by atoms with Gasteiger partial charge in [0.15, 0.2) is 0 Å². The number of nitrogens with zero attached hydrogens (tertiary/aromatic N) is 2. The number of H-pyrrole nitrogens is 1. The molecule has 0 saturated heterocycles. The van der Waals surface area contributed by atoms with Gasteiger partial charge in [-0.3, -0.25) is 9.89 Å². The van der Waals surface area contributed by atoms with E-state index in [9.17, 15) is 4.79 Å². The molecule has 6 nitrogen and oxygen atoms in total. The lowest BCUT2D eigenvalue weighted by Crippen LogP contribution is -2.15. The molecule has 82 valence electrons. The van der Waals surface area contributed by atoms with Crippen LogP contribution in [0, 0.1) is 6.92 Å². The summed E-state index contributed by atoms with van der Waals surface area (Å²) >= 11 is 0. The molecule has 0 saturated carbocycles. The zero-order valence-corrected chi connectivity index (χ0v) is 8.69. The van der Waals surface area contributed by atoms with Gasteiger partial charge < -0.3 is 11.1 Å². The second-order valence-corrected chi connectivity index (χ2v) is 3.38. The molecule has 0 aliphatic rings. The van der Waals surface area contributed by atoms with Crippen LogP contribution in [0.4, 0.5) is 11.5 Å². The monoisotopic (exact) mass is 217 g/mol. The van der Waals surface area contributed by atoms with Gasteiger partial charge in [-0.2, -0.15) is 5.10 Å². The number of carbonyl (C=O) groups excluding carboxylic acids is 1. The predicted molar refractivity (Wildman–Crippen MR) is 59.9 cm³/mol. The molecular weight excluding hydrogens is 206 g/mol. The van der Waals surface area contributed by atoms with Crippen molar-refractivity contribution in [2.45, 2.75) is 6.92 Å². The van der Waals surface area contributed by atoms with Crippen LogP contribution >= 0.6 is 0 Å². The Hall–Kier alpha value is -2.37. The molecule has 1 amide bonds. The Balaban J connectivity index is 2.14. The van der Waals surface area contributed by atoms with Crippen LogP contribution < -0.4 is 11.1 Å². The van der Waals surface area contributed by atoms with E-state index in [0.29, 0.717) is 11.5 Å². The largest absolute Gasteiger partial charge is 0.396 e. The number of anilines is 2. The lowest BCUT2D eigenvalue weighted by Gasteiger charge is -2.03. The maximum atomic E-state index is 11.7. The topological polar surface area (TPSA) is 96.7 Å². The normalized spacial score (nSPS) is 10.1. The van der Waals surface area contributed by atoms with Crippen LogP contribution in [-0.2, 0) is 0 Å². The number of aromatic amines is 1. The minimum atomic E-state index is -0.355. The summed E-state index contributed by atoms with van der Waals surface area (Å²) in [4.78, 5) is 15.7. The predicted octanol–water partition coefficient (Wildman–Crippen LogP) is 0.948. The summed E-state index contributed by atoms with van der Waals surface area (Å²) < 4.78 is 0. The highest BCUT2D eigenvalue weighted by Crippen LogP contribution is 2.10. The van der Waals surface area contributed by atoms with Crippen molar-refractivity contribution in [3.8, 4) is 0 Å². The molecule has 0 bridgehead atoms. The van der Waals surface area contributed by atoms with E-state index in [2.05, 4.69) is 20.5 Å². The summed E-state index contributed by atoms with van der Waals surface area (Å²) in [6.45, 7) is 1.92. The number of rotatable bonds is 2. The Morgan fingerprint density at radius 2 is 2.25 bits per heavy atom. The van der Waals surface area contributed by atoms with Crippen molar-refractivity contribution in [2.75, 3.05) is 11.1 Å². The molecule has 2 heterocycles. The maximum Gasteiger partial charge on any atom is 0.276 e. The van der Waals surface area contributed by atoms with Gasteiger partial charge >= 0.3 is 0 Å². The van der Waals surface area contributed by atoms with E-state index in [1.807, 2.05) is 13.0 Å². The van der Waals surface area contributed by atoms with Crippen LogP contribution in [0.3, 0.4) is 0 Å². The van der Waals surface area contributed by atoms with Crippen LogP contribution in [-0.4, -0.2) is 21.1 Å². The Morgan fingerprint density at radius 3 is 2.81 bits per heavy atom. The van der Waals surface area contributed by atoms with Crippen molar-refractivity contribution in [2.24, 2.45) is 0 Å². The van der Waals surface area contributed by atoms with E-state index < -0.39 is 0 Å². The van der Waals surface area contributed by atoms with Crippen molar-refractivity contribution in [3.05, 3.63) is 35.8 Å². The Bertz CT molecular complexity index is 502. The summed E-state index contributed by atoms with van der Waals surface area (Å²) in [5.41, 5.74) is 7.12.